The summed E-state index contributed by atoms with van der Waals surface area (Å²) in [5.74, 6) is -0.0631. The molecule has 0 heterocycles. The third-order valence-corrected chi connectivity index (χ3v) is 3.10. The summed E-state index contributed by atoms with van der Waals surface area (Å²) in [7, 11) is 0. The lowest BCUT2D eigenvalue weighted by molar-refractivity contribution is -0.128. The number of hydrogen-bond donors (Lipinski definition) is 1. The maximum atomic E-state index is 11.8. The van der Waals surface area contributed by atoms with E-state index in [4.69, 9.17) is 5.26 Å². The van der Waals surface area contributed by atoms with Gasteiger partial charge in [0.1, 0.15) is 5.41 Å². The molecule has 0 aromatic heterocycles. The largest absolute Gasteiger partial charge is 0.352 e. The van der Waals surface area contributed by atoms with Crippen molar-refractivity contribution < 1.29 is 4.79 Å². The van der Waals surface area contributed by atoms with Crippen molar-refractivity contribution in [2.45, 2.75) is 52.0 Å². The fraction of sp³-hybridized carbons (Fsp3) is 0.818. The highest BCUT2D eigenvalue weighted by Gasteiger charge is 2.41. The highest BCUT2D eigenvalue weighted by molar-refractivity contribution is 5.85. The van der Waals surface area contributed by atoms with Crippen LogP contribution < -0.4 is 5.32 Å². The van der Waals surface area contributed by atoms with Crippen LogP contribution in [0, 0.1) is 16.7 Å². The van der Waals surface area contributed by atoms with Gasteiger partial charge in [-0.25, -0.2) is 0 Å². The molecule has 1 rings (SSSR count). The standard InChI is InChI=1S/C11H18N2O/c1-3-9(2)13-10(14)11(8-12)6-4-5-7-11/h9H,3-7H2,1-2H3,(H,13,14). The van der Waals surface area contributed by atoms with E-state index in [9.17, 15) is 4.79 Å². The van der Waals surface area contributed by atoms with E-state index < -0.39 is 5.41 Å². The molecule has 0 spiro atoms. The Labute approximate surface area is 85.5 Å². The smallest absolute Gasteiger partial charge is 0.240 e. The summed E-state index contributed by atoms with van der Waals surface area (Å²) in [4.78, 5) is 11.8. The van der Waals surface area contributed by atoms with Crippen LogP contribution in [-0.4, -0.2) is 11.9 Å². The molecule has 0 aromatic carbocycles. The van der Waals surface area contributed by atoms with Crippen LogP contribution in [0.2, 0.25) is 0 Å². The Morgan fingerprint density at radius 3 is 2.57 bits per heavy atom. The van der Waals surface area contributed by atoms with Gasteiger partial charge >= 0.3 is 0 Å². The molecule has 0 saturated heterocycles. The predicted molar refractivity (Wildman–Crippen MR) is 54.4 cm³/mol. The third kappa shape index (κ3) is 2.06. The van der Waals surface area contributed by atoms with Crippen molar-refractivity contribution in [2.75, 3.05) is 0 Å². The van der Waals surface area contributed by atoms with Crippen molar-refractivity contribution >= 4 is 5.91 Å². The Balaban J connectivity index is 2.62. The number of amides is 1. The number of nitrogens with one attached hydrogen (secondary N) is 1. The minimum Gasteiger partial charge on any atom is -0.352 e. The Morgan fingerprint density at radius 2 is 2.14 bits per heavy atom. The second kappa shape index (κ2) is 4.45. The normalized spacial score (nSPS) is 21.2. The highest BCUT2D eigenvalue weighted by atomic mass is 16.2. The molecule has 14 heavy (non-hydrogen) atoms. The number of carbonyl (C=O) groups is 1. The number of nitriles is 1. The second-order valence-electron chi connectivity index (χ2n) is 4.18. The van der Waals surface area contributed by atoms with Crippen LogP contribution in [0.15, 0.2) is 0 Å². The van der Waals surface area contributed by atoms with Crippen molar-refractivity contribution in [3.05, 3.63) is 0 Å². The first-order valence-electron chi connectivity index (χ1n) is 5.37. The Morgan fingerprint density at radius 1 is 1.57 bits per heavy atom. The number of hydrogen-bond acceptors (Lipinski definition) is 2. The van der Waals surface area contributed by atoms with Crippen molar-refractivity contribution in [1.29, 1.82) is 5.26 Å². The van der Waals surface area contributed by atoms with Crippen LogP contribution in [0.4, 0.5) is 0 Å². The van der Waals surface area contributed by atoms with Crippen LogP contribution in [-0.2, 0) is 4.79 Å². The maximum Gasteiger partial charge on any atom is 0.240 e. The summed E-state index contributed by atoms with van der Waals surface area (Å²) < 4.78 is 0. The maximum absolute atomic E-state index is 11.8. The van der Waals surface area contributed by atoms with Gasteiger partial charge in [-0.15, -0.1) is 0 Å². The van der Waals surface area contributed by atoms with Crippen LogP contribution in [0.3, 0.4) is 0 Å². The zero-order chi connectivity index (χ0) is 10.6. The summed E-state index contributed by atoms with van der Waals surface area (Å²) in [5, 5.41) is 12.0. The fourth-order valence-electron chi connectivity index (χ4n) is 1.83. The van der Waals surface area contributed by atoms with E-state index in [1.165, 1.54) is 0 Å². The number of carbonyl (C=O) groups excluding carboxylic acids is 1. The van der Waals surface area contributed by atoms with Gasteiger partial charge in [0.2, 0.25) is 5.91 Å². The Kier molecular flexibility index (Phi) is 3.51. The van der Waals surface area contributed by atoms with Crippen LogP contribution in [0.5, 0.6) is 0 Å². The van der Waals surface area contributed by atoms with Gasteiger partial charge in [0.15, 0.2) is 0 Å². The van der Waals surface area contributed by atoms with Crippen molar-refractivity contribution in [3.63, 3.8) is 0 Å². The third-order valence-electron chi connectivity index (χ3n) is 3.10. The molecule has 0 aromatic rings. The lowest BCUT2D eigenvalue weighted by Crippen LogP contribution is -2.42. The van der Waals surface area contributed by atoms with Gasteiger partial charge in [-0.1, -0.05) is 19.8 Å². The van der Waals surface area contributed by atoms with Crippen molar-refractivity contribution in [3.8, 4) is 6.07 Å². The molecule has 3 nitrogen and oxygen atoms in total. The van der Waals surface area contributed by atoms with Crippen LogP contribution >= 0.6 is 0 Å². The van der Waals surface area contributed by atoms with Gasteiger partial charge in [-0.2, -0.15) is 5.26 Å². The molecular formula is C11H18N2O. The molecular weight excluding hydrogens is 176 g/mol. The van der Waals surface area contributed by atoms with Gasteiger partial charge in [0.25, 0.3) is 0 Å². The molecule has 1 atom stereocenters. The molecule has 1 aliphatic rings. The molecule has 1 amide bonds. The molecule has 1 saturated carbocycles. The minimum atomic E-state index is -0.719. The number of nitrogens with zero attached hydrogens (tertiary/aromatic N) is 1. The Hall–Kier alpha value is -1.04. The zero-order valence-electron chi connectivity index (χ0n) is 8.97. The summed E-state index contributed by atoms with van der Waals surface area (Å²) in [5.41, 5.74) is -0.719. The average Bonchev–Trinajstić information content (AvgIpc) is 2.67. The van der Waals surface area contributed by atoms with Crippen LogP contribution in [0.1, 0.15) is 46.0 Å². The molecule has 1 unspecified atom stereocenters. The fourth-order valence-corrected chi connectivity index (χ4v) is 1.83. The molecule has 0 bridgehead atoms. The van der Waals surface area contributed by atoms with Gasteiger partial charge in [-0.3, -0.25) is 4.79 Å². The topological polar surface area (TPSA) is 52.9 Å². The molecule has 1 fully saturated rings. The first-order chi connectivity index (χ1) is 6.64. The SMILES string of the molecule is CCC(C)NC(=O)C1(C#N)CCCC1. The van der Waals surface area contributed by atoms with E-state index in [0.29, 0.717) is 0 Å². The average molecular weight is 194 g/mol. The minimum absolute atomic E-state index is 0.0631. The van der Waals surface area contributed by atoms with Crippen molar-refractivity contribution in [1.82, 2.24) is 5.32 Å². The second-order valence-corrected chi connectivity index (χ2v) is 4.18. The van der Waals surface area contributed by atoms with Gasteiger partial charge in [-0.05, 0) is 26.2 Å². The first-order valence-corrected chi connectivity index (χ1v) is 5.37. The van der Waals surface area contributed by atoms with E-state index >= 15 is 0 Å². The molecule has 1 N–H and O–H groups in total. The molecule has 3 heteroatoms. The van der Waals surface area contributed by atoms with Crippen molar-refractivity contribution in [2.24, 2.45) is 5.41 Å². The van der Waals surface area contributed by atoms with E-state index in [1.54, 1.807) is 0 Å². The highest BCUT2D eigenvalue weighted by Crippen LogP contribution is 2.37. The lowest BCUT2D eigenvalue weighted by atomic mass is 9.87. The Bertz CT molecular complexity index is 249. The first kappa shape index (κ1) is 11.0. The lowest BCUT2D eigenvalue weighted by Gasteiger charge is -2.21. The predicted octanol–water partition coefficient (Wildman–Crippen LogP) is 1.99. The van der Waals surface area contributed by atoms with Gasteiger partial charge in [0, 0.05) is 6.04 Å². The summed E-state index contributed by atoms with van der Waals surface area (Å²) in [6.45, 7) is 4.00. The summed E-state index contributed by atoms with van der Waals surface area (Å²) in [6, 6.07) is 2.37. The van der Waals surface area contributed by atoms with Crippen LogP contribution in [0.25, 0.3) is 0 Å². The summed E-state index contributed by atoms with van der Waals surface area (Å²) >= 11 is 0. The molecule has 0 radical (unpaired) electrons. The van der Waals surface area contributed by atoms with E-state index in [-0.39, 0.29) is 11.9 Å². The van der Waals surface area contributed by atoms with Gasteiger partial charge < -0.3 is 5.32 Å². The quantitative estimate of drug-likeness (QED) is 0.747. The molecule has 0 aliphatic heterocycles. The molecule has 78 valence electrons. The zero-order valence-corrected chi connectivity index (χ0v) is 8.97. The van der Waals surface area contributed by atoms with E-state index in [0.717, 1.165) is 32.1 Å². The molecule has 1 aliphatic carbocycles. The number of rotatable bonds is 3. The van der Waals surface area contributed by atoms with Gasteiger partial charge in [0.05, 0.1) is 6.07 Å². The van der Waals surface area contributed by atoms with E-state index in [1.807, 2.05) is 13.8 Å². The summed E-state index contributed by atoms with van der Waals surface area (Å²) in [6.07, 6.45) is 4.37. The monoisotopic (exact) mass is 194 g/mol. The van der Waals surface area contributed by atoms with E-state index in [2.05, 4.69) is 11.4 Å².